The van der Waals surface area contributed by atoms with Gasteiger partial charge >= 0.3 is 0 Å². The number of fused-ring (bicyclic) bond motifs is 3. The fraction of sp³-hybridized carbons (Fsp3) is 0. The van der Waals surface area contributed by atoms with E-state index < -0.39 is 0 Å². The third kappa shape index (κ3) is 8.56. The lowest BCUT2D eigenvalue weighted by molar-refractivity contribution is 0.671. The molecule has 0 unspecified atom stereocenters. The zero-order valence-corrected chi connectivity index (χ0v) is 39.6. The Morgan fingerprint density at radius 3 is 0.740 bits per heavy atom. The molecule has 5 nitrogen and oxygen atoms in total. The highest BCUT2D eigenvalue weighted by Gasteiger charge is 2.19. The Balaban J connectivity index is 0.943. The third-order valence-corrected chi connectivity index (χ3v) is 13.7. The van der Waals surface area contributed by atoms with Crippen LogP contribution in [0.1, 0.15) is 0 Å². The van der Waals surface area contributed by atoms with E-state index in [1.807, 2.05) is 97.6 Å². The van der Waals surface area contributed by atoms with Crippen molar-refractivity contribution in [2.24, 2.45) is 0 Å². The van der Waals surface area contributed by atoms with Crippen LogP contribution in [0, 0.1) is 0 Å². The summed E-state index contributed by atoms with van der Waals surface area (Å²) in [5.41, 5.74) is 22.0. The largest absolute Gasteiger partial charge is 0.455 e. The molecule has 5 heterocycles. The molecule has 5 heteroatoms. The standard InChI is InChI=1S/C68H44N4O/c1-5-15-45(16-6-1)63-31-27-49(41-69-63)53-35-54(50-28-32-64(70-42-50)46-17-7-2-8-18-46)38-57(37-53)59-23-13-25-61-62-26-14-24-60(68(62)73-67(59)61)58-39-55(51-29-33-65(71-43-51)47-19-9-3-10-20-47)36-56(40-58)52-30-34-66(72-44-52)48-21-11-4-12-22-48/h1-44H. The summed E-state index contributed by atoms with van der Waals surface area (Å²) in [6.07, 6.45) is 7.89. The zero-order valence-electron chi connectivity index (χ0n) is 39.6. The highest BCUT2D eigenvalue weighted by Crippen LogP contribution is 2.43. The van der Waals surface area contributed by atoms with Gasteiger partial charge < -0.3 is 4.42 Å². The molecule has 0 spiro atoms. The first-order valence-electron chi connectivity index (χ1n) is 24.5. The number of furan rings is 1. The van der Waals surface area contributed by atoms with Gasteiger partial charge in [-0.1, -0.05) is 182 Å². The number of rotatable bonds is 10. The number of aromatic nitrogens is 4. The second-order valence-corrected chi connectivity index (χ2v) is 18.3. The maximum atomic E-state index is 7.22. The van der Waals surface area contributed by atoms with E-state index in [2.05, 4.69) is 170 Å². The number of hydrogen-bond acceptors (Lipinski definition) is 5. The number of hydrogen-bond donors (Lipinski definition) is 0. The van der Waals surface area contributed by atoms with Crippen molar-refractivity contribution in [1.29, 1.82) is 0 Å². The molecule has 0 atom stereocenters. The molecule has 0 aliphatic carbocycles. The van der Waals surface area contributed by atoms with Crippen molar-refractivity contribution in [1.82, 2.24) is 19.9 Å². The summed E-state index contributed by atoms with van der Waals surface area (Å²) in [7, 11) is 0. The summed E-state index contributed by atoms with van der Waals surface area (Å²) in [5.74, 6) is 0. The molecule has 0 saturated heterocycles. The number of para-hydroxylation sites is 2. The van der Waals surface area contributed by atoms with Crippen LogP contribution in [-0.2, 0) is 0 Å². The van der Waals surface area contributed by atoms with E-state index in [1.165, 1.54) is 0 Å². The van der Waals surface area contributed by atoms with Gasteiger partial charge in [-0.25, -0.2) is 0 Å². The Hall–Kier alpha value is -9.84. The Morgan fingerprint density at radius 2 is 0.479 bits per heavy atom. The molecule has 5 aromatic heterocycles. The van der Waals surface area contributed by atoms with Crippen LogP contribution in [0.25, 0.3) is 134 Å². The van der Waals surface area contributed by atoms with Gasteiger partial charge in [-0.15, -0.1) is 0 Å². The minimum atomic E-state index is 0.820. The second-order valence-electron chi connectivity index (χ2n) is 18.3. The van der Waals surface area contributed by atoms with Crippen LogP contribution in [0.15, 0.2) is 272 Å². The van der Waals surface area contributed by atoms with Crippen molar-refractivity contribution < 1.29 is 4.42 Å². The Labute approximate surface area is 423 Å². The Bertz CT molecular complexity index is 3590. The van der Waals surface area contributed by atoms with Gasteiger partial charge in [-0.05, 0) is 94.0 Å². The van der Waals surface area contributed by atoms with Crippen LogP contribution >= 0.6 is 0 Å². The molecule has 342 valence electrons. The van der Waals surface area contributed by atoms with Gasteiger partial charge in [0.15, 0.2) is 0 Å². The topological polar surface area (TPSA) is 64.7 Å². The summed E-state index contributed by atoms with van der Waals surface area (Å²) in [6, 6.07) is 84.6. The zero-order chi connectivity index (χ0) is 48.5. The Kier molecular flexibility index (Phi) is 11.1. The van der Waals surface area contributed by atoms with Crippen molar-refractivity contribution in [3.63, 3.8) is 0 Å². The fourth-order valence-corrected chi connectivity index (χ4v) is 9.88. The maximum Gasteiger partial charge on any atom is 0.143 e. The van der Waals surface area contributed by atoms with Crippen LogP contribution in [0.2, 0.25) is 0 Å². The minimum Gasteiger partial charge on any atom is -0.455 e. The van der Waals surface area contributed by atoms with E-state index in [0.717, 1.165) is 134 Å². The lowest BCUT2D eigenvalue weighted by Crippen LogP contribution is -1.90. The molecule has 8 aromatic carbocycles. The molecule has 0 saturated carbocycles. The lowest BCUT2D eigenvalue weighted by atomic mass is 9.92. The van der Waals surface area contributed by atoms with E-state index in [-0.39, 0.29) is 0 Å². The van der Waals surface area contributed by atoms with E-state index in [1.54, 1.807) is 0 Å². The molecular weight excluding hydrogens is 889 g/mol. The smallest absolute Gasteiger partial charge is 0.143 e. The first-order chi connectivity index (χ1) is 36.1. The van der Waals surface area contributed by atoms with E-state index >= 15 is 0 Å². The molecule has 0 radical (unpaired) electrons. The van der Waals surface area contributed by atoms with Crippen LogP contribution < -0.4 is 0 Å². The molecule has 0 aliphatic heterocycles. The van der Waals surface area contributed by atoms with Gasteiger partial charge in [0.2, 0.25) is 0 Å². The van der Waals surface area contributed by atoms with Crippen molar-refractivity contribution in [3.8, 4) is 112 Å². The summed E-state index contributed by atoms with van der Waals surface area (Å²) >= 11 is 0. The maximum absolute atomic E-state index is 7.22. The first kappa shape index (κ1) is 43.2. The average molecular weight is 933 g/mol. The van der Waals surface area contributed by atoms with Gasteiger partial charge in [0, 0.05) is 91.2 Å². The highest BCUT2D eigenvalue weighted by atomic mass is 16.3. The van der Waals surface area contributed by atoms with Gasteiger partial charge in [-0.3, -0.25) is 19.9 Å². The van der Waals surface area contributed by atoms with Gasteiger partial charge in [0.05, 0.1) is 22.8 Å². The van der Waals surface area contributed by atoms with Gasteiger partial charge in [-0.2, -0.15) is 0 Å². The van der Waals surface area contributed by atoms with Gasteiger partial charge in [0.25, 0.3) is 0 Å². The normalized spacial score (nSPS) is 11.3. The van der Waals surface area contributed by atoms with Crippen molar-refractivity contribution in [2.75, 3.05) is 0 Å². The molecule has 0 N–H and O–H groups in total. The summed E-state index contributed by atoms with van der Waals surface area (Å²) < 4.78 is 7.22. The average Bonchev–Trinajstić information content (AvgIpc) is 3.87. The van der Waals surface area contributed by atoms with Gasteiger partial charge in [0.1, 0.15) is 11.2 Å². The Morgan fingerprint density at radius 1 is 0.205 bits per heavy atom. The molecule has 13 aromatic rings. The van der Waals surface area contributed by atoms with E-state index in [4.69, 9.17) is 24.4 Å². The summed E-state index contributed by atoms with van der Waals surface area (Å²) in [5, 5.41) is 2.09. The van der Waals surface area contributed by atoms with Crippen LogP contribution in [0.5, 0.6) is 0 Å². The molecule has 0 aliphatic rings. The lowest BCUT2D eigenvalue weighted by Gasteiger charge is -2.12. The summed E-state index contributed by atoms with van der Waals surface area (Å²) in [6.45, 7) is 0. The fourth-order valence-electron chi connectivity index (χ4n) is 9.88. The quantitative estimate of drug-likeness (QED) is 0.137. The van der Waals surface area contributed by atoms with Crippen LogP contribution in [0.4, 0.5) is 0 Å². The predicted octanol–water partition coefficient (Wildman–Crippen LogP) is 17.8. The molecule has 0 fully saturated rings. The van der Waals surface area contributed by atoms with E-state index in [0.29, 0.717) is 0 Å². The third-order valence-electron chi connectivity index (χ3n) is 13.7. The molecule has 13 rings (SSSR count). The number of benzene rings is 8. The van der Waals surface area contributed by atoms with Crippen LogP contribution in [0.3, 0.4) is 0 Å². The molecule has 73 heavy (non-hydrogen) atoms. The van der Waals surface area contributed by atoms with Crippen molar-refractivity contribution in [3.05, 3.63) is 267 Å². The van der Waals surface area contributed by atoms with E-state index in [9.17, 15) is 0 Å². The van der Waals surface area contributed by atoms with Crippen molar-refractivity contribution in [2.45, 2.75) is 0 Å². The van der Waals surface area contributed by atoms with Crippen molar-refractivity contribution >= 4 is 21.9 Å². The van der Waals surface area contributed by atoms with Crippen LogP contribution in [-0.4, -0.2) is 19.9 Å². The molecule has 0 amide bonds. The number of nitrogens with zero attached hydrogens (tertiary/aromatic N) is 4. The second kappa shape index (κ2) is 18.8. The monoisotopic (exact) mass is 932 g/mol. The number of pyridine rings is 4. The molecular formula is C68H44N4O. The highest BCUT2D eigenvalue weighted by molar-refractivity contribution is 6.13. The minimum absolute atomic E-state index is 0.820. The summed E-state index contributed by atoms with van der Waals surface area (Å²) in [4.78, 5) is 19.8. The molecule has 0 bridgehead atoms. The predicted molar refractivity (Wildman–Crippen MR) is 299 cm³/mol. The SMILES string of the molecule is c1ccc(-c2ccc(-c3cc(-c4ccc(-c5ccccc5)nc4)cc(-c4cccc5c4oc4c(-c6cc(-c7ccc(-c8ccccc8)nc7)cc(-c7ccc(-c8ccccc8)nc7)c6)cccc45)c3)cn2)cc1. The first-order valence-corrected chi connectivity index (χ1v) is 24.5.